The fourth-order valence-electron chi connectivity index (χ4n) is 2.22. The van der Waals surface area contributed by atoms with Crippen LogP contribution >= 0.6 is 0 Å². The first kappa shape index (κ1) is 14.3. The van der Waals surface area contributed by atoms with Crippen molar-refractivity contribution >= 4 is 11.5 Å². The lowest BCUT2D eigenvalue weighted by Crippen LogP contribution is -2.23. The van der Waals surface area contributed by atoms with Crippen LogP contribution in [0.3, 0.4) is 0 Å². The molecule has 0 aliphatic rings. The van der Waals surface area contributed by atoms with Crippen LogP contribution in [0.1, 0.15) is 31.5 Å². The molecule has 0 saturated carbocycles. The van der Waals surface area contributed by atoms with Crippen molar-refractivity contribution in [1.29, 1.82) is 0 Å². The molecule has 0 radical (unpaired) electrons. The summed E-state index contributed by atoms with van der Waals surface area (Å²) in [4.78, 5) is 10.9. The van der Waals surface area contributed by atoms with E-state index in [1.54, 1.807) is 6.33 Å². The van der Waals surface area contributed by atoms with Gasteiger partial charge in [-0.2, -0.15) is 0 Å². The number of benzene rings is 1. The Hall–Kier alpha value is -2.10. The monoisotopic (exact) mass is 270 g/mol. The van der Waals surface area contributed by atoms with Gasteiger partial charge in [0.05, 0.1) is 0 Å². The van der Waals surface area contributed by atoms with Gasteiger partial charge in [-0.25, -0.2) is 9.97 Å². The van der Waals surface area contributed by atoms with Crippen LogP contribution in [-0.2, 0) is 13.0 Å². The van der Waals surface area contributed by atoms with Crippen molar-refractivity contribution < 1.29 is 0 Å². The van der Waals surface area contributed by atoms with E-state index in [0.29, 0.717) is 0 Å². The molecule has 0 aliphatic carbocycles. The standard InChI is InChI=1S/C16H22N4/c1-3-6-15-10-16(19-12-18-15)20(4-2)11-13-7-5-8-14(17)9-13/h5,7-10,12H,3-4,6,11,17H2,1-2H3. The maximum absolute atomic E-state index is 5.83. The molecule has 0 amide bonds. The minimum Gasteiger partial charge on any atom is -0.399 e. The molecule has 1 aromatic carbocycles. The van der Waals surface area contributed by atoms with E-state index in [0.717, 1.165) is 43.1 Å². The van der Waals surface area contributed by atoms with Crippen molar-refractivity contribution in [3.8, 4) is 0 Å². The Kier molecular flexibility index (Phi) is 4.93. The molecule has 0 fully saturated rings. The number of hydrogen-bond acceptors (Lipinski definition) is 4. The molecule has 106 valence electrons. The van der Waals surface area contributed by atoms with E-state index in [1.807, 2.05) is 18.2 Å². The Bertz CT molecular complexity index is 554. The van der Waals surface area contributed by atoms with Crippen LogP contribution in [0.2, 0.25) is 0 Å². The first-order valence-corrected chi connectivity index (χ1v) is 7.13. The summed E-state index contributed by atoms with van der Waals surface area (Å²) in [5.41, 5.74) is 8.93. The highest BCUT2D eigenvalue weighted by atomic mass is 15.2. The summed E-state index contributed by atoms with van der Waals surface area (Å²) in [5, 5.41) is 0. The van der Waals surface area contributed by atoms with Crippen LogP contribution in [0.25, 0.3) is 0 Å². The van der Waals surface area contributed by atoms with E-state index in [2.05, 4.69) is 40.8 Å². The number of rotatable bonds is 6. The fourth-order valence-corrected chi connectivity index (χ4v) is 2.22. The van der Waals surface area contributed by atoms with Gasteiger partial charge in [-0.15, -0.1) is 0 Å². The maximum atomic E-state index is 5.83. The third-order valence-electron chi connectivity index (χ3n) is 3.25. The third kappa shape index (κ3) is 3.70. The fraction of sp³-hybridized carbons (Fsp3) is 0.375. The van der Waals surface area contributed by atoms with E-state index in [9.17, 15) is 0 Å². The Morgan fingerprint density at radius 1 is 1.15 bits per heavy atom. The van der Waals surface area contributed by atoms with Crippen LogP contribution < -0.4 is 10.6 Å². The summed E-state index contributed by atoms with van der Waals surface area (Å²) in [6.45, 7) is 6.00. The molecule has 0 spiro atoms. The Balaban J connectivity index is 2.17. The second kappa shape index (κ2) is 6.89. The summed E-state index contributed by atoms with van der Waals surface area (Å²) < 4.78 is 0. The first-order valence-electron chi connectivity index (χ1n) is 7.13. The van der Waals surface area contributed by atoms with Crippen molar-refractivity contribution in [3.05, 3.63) is 47.9 Å². The average Bonchev–Trinajstić information content (AvgIpc) is 2.45. The van der Waals surface area contributed by atoms with E-state index in [4.69, 9.17) is 5.73 Å². The van der Waals surface area contributed by atoms with E-state index in [-0.39, 0.29) is 0 Å². The third-order valence-corrected chi connectivity index (χ3v) is 3.25. The summed E-state index contributed by atoms with van der Waals surface area (Å²) in [7, 11) is 0. The Morgan fingerprint density at radius 2 is 2.00 bits per heavy atom. The quantitative estimate of drug-likeness (QED) is 0.820. The second-order valence-electron chi connectivity index (χ2n) is 4.88. The Labute approximate surface area is 120 Å². The lowest BCUT2D eigenvalue weighted by atomic mass is 10.2. The molecule has 20 heavy (non-hydrogen) atoms. The van der Waals surface area contributed by atoms with E-state index in [1.165, 1.54) is 5.56 Å². The van der Waals surface area contributed by atoms with Gasteiger partial charge in [-0.3, -0.25) is 0 Å². The number of nitrogens with zero attached hydrogens (tertiary/aromatic N) is 3. The summed E-state index contributed by atoms with van der Waals surface area (Å²) >= 11 is 0. The zero-order valence-corrected chi connectivity index (χ0v) is 12.2. The van der Waals surface area contributed by atoms with Crippen LogP contribution in [0.15, 0.2) is 36.7 Å². The molecule has 0 unspecified atom stereocenters. The SMILES string of the molecule is CCCc1cc(N(CC)Cc2cccc(N)c2)ncn1. The summed E-state index contributed by atoms with van der Waals surface area (Å²) in [6, 6.07) is 10.1. The van der Waals surface area contributed by atoms with Crippen molar-refractivity contribution in [2.24, 2.45) is 0 Å². The van der Waals surface area contributed by atoms with Gasteiger partial charge >= 0.3 is 0 Å². The van der Waals surface area contributed by atoms with Gasteiger partial charge in [-0.05, 0) is 31.0 Å². The molecule has 0 atom stereocenters. The van der Waals surface area contributed by atoms with Gasteiger partial charge in [-0.1, -0.05) is 25.5 Å². The molecular formula is C16H22N4. The van der Waals surface area contributed by atoms with Gasteiger partial charge in [0.2, 0.25) is 0 Å². The summed E-state index contributed by atoms with van der Waals surface area (Å²) in [6.07, 6.45) is 3.74. The molecule has 4 heteroatoms. The van der Waals surface area contributed by atoms with E-state index >= 15 is 0 Å². The molecule has 2 N–H and O–H groups in total. The van der Waals surface area contributed by atoms with Crippen molar-refractivity contribution in [2.45, 2.75) is 33.2 Å². The zero-order chi connectivity index (χ0) is 14.4. The molecule has 2 aromatic rings. The minimum atomic E-state index is 0.799. The lowest BCUT2D eigenvalue weighted by molar-refractivity contribution is 0.798. The Morgan fingerprint density at radius 3 is 2.70 bits per heavy atom. The van der Waals surface area contributed by atoms with Gasteiger partial charge in [0.15, 0.2) is 0 Å². The van der Waals surface area contributed by atoms with Crippen molar-refractivity contribution in [1.82, 2.24) is 9.97 Å². The van der Waals surface area contributed by atoms with Gasteiger partial charge in [0, 0.05) is 30.5 Å². The molecule has 0 saturated heterocycles. The first-order chi connectivity index (χ1) is 9.72. The predicted octanol–water partition coefficient (Wildman–Crippen LogP) is 3.04. The molecular weight excluding hydrogens is 248 g/mol. The molecule has 1 heterocycles. The van der Waals surface area contributed by atoms with Gasteiger partial charge in [0.1, 0.15) is 12.1 Å². The largest absolute Gasteiger partial charge is 0.399 e. The molecule has 4 nitrogen and oxygen atoms in total. The van der Waals surface area contributed by atoms with Crippen LogP contribution in [-0.4, -0.2) is 16.5 Å². The maximum Gasteiger partial charge on any atom is 0.132 e. The van der Waals surface area contributed by atoms with Crippen LogP contribution in [0.5, 0.6) is 0 Å². The second-order valence-corrected chi connectivity index (χ2v) is 4.88. The highest BCUT2D eigenvalue weighted by Gasteiger charge is 2.08. The smallest absolute Gasteiger partial charge is 0.132 e. The molecule has 0 aliphatic heterocycles. The van der Waals surface area contributed by atoms with Gasteiger partial charge < -0.3 is 10.6 Å². The number of aryl methyl sites for hydroxylation is 1. The van der Waals surface area contributed by atoms with Crippen molar-refractivity contribution in [3.63, 3.8) is 0 Å². The number of nitrogens with two attached hydrogens (primary N) is 1. The average molecular weight is 270 g/mol. The lowest BCUT2D eigenvalue weighted by Gasteiger charge is -2.22. The van der Waals surface area contributed by atoms with E-state index < -0.39 is 0 Å². The molecule has 0 bridgehead atoms. The number of hydrogen-bond donors (Lipinski definition) is 1. The van der Waals surface area contributed by atoms with Crippen LogP contribution in [0, 0.1) is 0 Å². The topological polar surface area (TPSA) is 55.0 Å². The minimum absolute atomic E-state index is 0.799. The highest BCUT2D eigenvalue weighted by Crippen LogP contribution is 2.16. The molecule has 1 aromatic heterocycles. The molecule has 2 rings (SSSR count). The van der Waals surface area contributed by atoms with Crippen molar-refractivity contribution in [2.75, 3.05) is 17.2 Å². The predicted molar refractivity (Wildman–Crippen MR) is 83.6 cm³/mol. The highest BCUT2D eigenvalue weighted by molar-refractivity contribution is 5.44. The number of anilines is 2. The number of aromatic nitrogens is 2. The normalized spacial score (nSPS) is 10.5. The van der Waals surface area contributed by atoms with Crippen LogP contribution in [0.4, 0.5) is 11.5 Å². The number of nitrogen functional groups attached to an aromatic ring is 1. The zero-order valence-electron chi connectivity index (χ0n) is 12.2. The summed E-state index contributed by atoms with van der Waals surface area (Å²) in [5.74, 6) is 0.980. The van der Waals surface area contributed by atoms with Gasteiger partial charge in [0.25, 0.3) is 0 Å².